The van der Waals surface area contributed by atoms with E-state index in [1.54, 1.807) is 23.9 Å². The van der Waals surface area contributed by atoms with Crippen molar-refractivity contribution in [3.63, 3.8) is 0 Å². The molecule has 0 saturated heterocycles. The molecule has 1 aromatic rings. The van der Waals surface area contributed by atoms with Crippen molar-refractivity contribution in [1.29, 1.82) is 0 Å². The molecule has 0 heterocycles. The van der Waals surface area contributed by atoms with Gasteiger partial charge in [-0.1, -0.05) is 0 Å². The average molecular weight is 426 g/mol. The molecule has 166 valence electrons. The van der Waals surface area contributed by atoms with Crippen LogP contribution < -0.4 is 10.5 Å². The lowest BCUT2D eigenvalue weighted by Crippen LogP contribution is -2.39. The molecular formula is C22H39N3O3S. The van der Waals surface area contributed by atoms with Crippen LogP contribution in [-0.2, 0) is 9.47 Å². The first-order valence-electron chi connectivity index (χ1n) is 10.1. The normalized spacial score (nSPS) is 12.7. The van der Waals surface area contributed by atoms with E-state index in [1.165, 1.54) is 0 Å². The molecule has 1 amide bonds. The van der Waals surface area contributed by atoms with Crippen molar-refractivity contribution in [1.82, 2.24) is 9.62 Å². The Morgan fingerprint density at radius 1 is 1.07 bits per heavy atom. The van der Waals surface area contributed by atoms with E-state index in [0.717, 1.165) is 23.4 Å². The fraction of sp³-hybridized carbons (Fsp3) is 0.682. The molecule has 0 aromatic heterocycles. The summed E-state index contributed by atoms with van der Waals surface area (Å²) in [5, 5.41) is 0. The van der Waals surface area contributed by atoms with Crippen LogP contribution in [0.15, 0.2) is 29.2 Å². The predicted octanol–water partition coefficient (Wildman–Crippen LogP) is 5.09. The third kappa shape index (κ3) is 11.4. The number of nitrogens with two attached hydrogens (primary N) is 1. The van der Waals surface area contributed by atoms with Crippen LogP contribution in [0.4, 0.5) is 10.5 Å². The van der Waals surface area contributed by atoms with Crippen LogP contribution in [0.1, 0.15) is 61.3 Å². The van der Waals surface area contributed by atoms with Gasteiger partial charge in [-0.25, -0.2) is 4.79 Å². The number of rotatable bonds is 10. The fourth-order valence-electron chi connectivity index (χ4n) is 2.31. The third-order valence-electron chi connectivity index (χ3n) is 4.30. The van der Waals surface area contributed by atoms with Gasteiger partial charge in [0.15, 0.2) is 0 Å². The van der Waals surface area contributed by atoms with Crippen LogP contribution >= 0.6 is 11.9 Å². The van der Waals surface area contributed by atoms with Crippen molar-refractivity contribution in [2.24, 2.45) is 0 Å². The van der Waals surface area contributed by atoms with Crippen molar-refractivity contribution in [3.05, 3.63) is 24.3 Å². The summed E-state index contributed by atoms with van der Waals surface area (Å²) in [4.78, 5) is 14.8. The molecule has 0 aliphatic heterocycles. The van der Waals surface area contributed by atoms with Gasteiger partial charge in [0, 0.05) is 36.3 Å². The summed E-state index contributed by atoms with van der Waals surface area (Å²) in [6.45, 7) is 15.2. The standard InChI is InChI=1S/C22H39N3O3S/c1-20(2,3)28-19(26)25(8)15-13-22(6,7)27-16-14-21(4,5)24-29-18-11-9-17(23)10-12-18/h9-12,24H,13-16,23H2,1-8H3. The summed E-state index contributed by atoms with van der Waals surface area (Å²) in [6, 6.07) is 7.81. The number of carbonyl (C=O) groups is 1. The van der Waals surface area contributed by atoms with Crippen molar-refractivity contribution in [2.45, 2.75) is 82.9 Å². The Kier molecular flexibility index (Phi) is 9.31. The molecule has 0 atom stereocenters. The number of carbonyl (C=O) groups excluding carboxylic acids is 1. The van der Waals surface area contributed by atoms with Gasteiger partial charge in [0.25, 0.3) is 0 Å². The number of nitrogen functional groups attached to an aromatic ring is 1. The maximum atomic E-state index is 12.1. The minimum Gasteiger partial charge on any atom is -0.444 e. The molecule has 0 fully saturated rings. The highest BCUT2D eigenvalue weighted by Gasteiger charge is 2.25. The SMILES string of the molecule is CN(CCC(C)(C)OCCC(C)(C)NSc1ccc(N)cc1)C(=O)OC(C)(C)C. The Balaban J connectivity index is 2.36. The number of amides is 1. The summed E-state index contributed by atoms with van der Waals surface area (Å²) in [5.74, 6) is 0. The van der Waals surface area contributed by atoms with E-state index < -0.39 is 5.60 Å². The van der Waals surface area contributed by atoms with Crippen molar-refractivity contribution < 1.29 is 14.3 Å². The molecule has 1 aromatic carbocycles. The van der Waals surface area contributed by atoms with E-state index in [-0.39, 0.29) is 17.2 Å². The van der Waals surface area contributed by atoms with Gasteiger partial charge >= 0.3 is 6.09 Å². The number of hydrogen-bond acceptors (Lipinski definition) is 6. The van der Waals surface area contributed by atoms with Crippen LogP contribution in [0.25, 0.3) is 0 Å². The molecule has 0 bridgehead atoms. The summed E-state index contributed by atoms with van der Waals surface area (Å²) in [5.41, 5.74) is 5.60. The second-order valence-electron chi connectivity index (χ2n) is 9.67. The first-order chi connectivity index (χ1) is 13.2. The van der Waals surface area contributed by atoms with Gasteiger partial charge < -0.3 is 20.1 Å². The summed E-state index contributed by atoms with van der Waals surface area (Å²) < 4.78 is 15.0. The lowest BCUT2D eigenvalue weighted by molar-refractivity contribution is -0.0353. The van der Waals surface area contributed by atoms with Gasteiger partial charge in [-0.3, -0.25) is 4.72 Å². The molecule has 0 aliphatic carbocycles. The first-order valence-corrected chi connectivity index (χ1v) is 10.9. The number of hydrogen-bond donors (Lipinski definition) is 2. The lowest BCUT2D eigenvalue weighted by atomic mass is 10.0. The fourth-order valence-corrected chi connectivity index (χ4v) is 3.08. The summed E-state index contributed by atoms with van der Waals surface area (Å²) in [6.07, 6.45) is 1.29. The van der Waals surface area contributed by atoms with Crippen LogP contribution in [0, 0.1) is 0 Å². The highest BCUT2D eigenvalue weighted by Crippen LogP contribution is 2.23. The summed E-state index contributed by atoms with van der Waals surface area (Å²) >= 11 is 1.60. The van der Waals surface area contributed by atoms with E-state index in [4.69, 9.17) is 15.2 Å². The zero-order chi connectivity index (χ0) is 22.3. The van der Waals surface area contributed by atoms with Gasteiger partial charge in [-0.2, -0.15) is 0 Å². The zero-order valence-electron chi connectivity index (χ0n) is 19.3. The van der Waals surface area contributed by atoms with Crippen LogP contribution in [-0.4, -0.2) is 47.9 Å². The van der Waals surface area contributed by atoms with Crippen molar-refractivity contribution >= 4 is 23.7 Å². The van der Waals surface area contributed by atoms with E-state index in [9.17, 15) is 4.79 Å². The molecule has 0 saturated carbocycles. The Hall–Kier alpha value is -1.44. The van der Waals surface area contributed by atoms with Crippen molar-refractivity contribution in [3.8, 4) is 0 Å². The summed E-state index contributed by atoms with van der Waals surface area (Å²) in [7, 11) is 1.76. The Bertz CT molecular complexity index is 640. The van der Waals surface area contributed by atoms with Gasteiger partial charge in [0.1, 0.15) is 5.60 Å². The van der Waals surface area contributed by atoms with Gasteiger partial charge in [0.2, 0.25) is 0 Å². The zero-order valence-corrected chi connectivity index (χ0v) is 20.1. The molecule has 0 spiro atoms. The smallest absolute Gasteiger partial charge is 0.410 e. The molecule has 0 unspecified atom stereocenters. The average Bonchev–Trinajstić information content (AvgIpc) is 2.57. The number of nitrogens with one attached hydrogen (secondary N) is 1. The second kappa shape index (κ2) is 10.5. The van der Waals surface area contributed by atoms with Crippen LogP contribution in [0.2, 0.25) is 0 Å². The Morgan fingerprint density at radius 2 is 1.66 bits per heavy atom. The van der Waals surface area contributed by atoms with E-state index in [1.807, 2.05) is 45.0 Å². The Labute approximate surface area is 181 Å². The largest absolute Gasteiger partial charge is 0.444 e. The van der Waals surface area contributed by atoms with E-state index in [2.05, 4.69) is 32.4 Å². The van der Waals surface area contributed by atoms with Crippen molar-refractivity contribution in [2.75, 3.05) is 25.9 Å². The quantitative estimate of drug-likeness (QED) is 0.402. The molecule has 0 aliphatic rings. The molecule has 0 radical (unpaired) electrons. The monoisotopic (exact) mass is 425 g/mol. The lowest BCUT2D eigenvalue weighted by Gasteiger charge is -2.31. The van der Waals surface area contributed by atoms with E-state index in [0.29, 0.717) is 13.2 Å². The number of anilines is 1. The molecular weight excluding hydrogens is 386 g/mol. The second-order valence-corrected chi connectivity index (χ2v) is 10.5. The van der Waals surface area contributed by atoms with Gasteiger partial charge in [0.05, 0.1) is 5.60 Å². The maximum absolute atomic E-state index is 12.1. The highest BCUT2D eigenvalue weighted by atomic mass is 32.2. The molecule has 3 N–H and O–H groups in total. The van der Waals surface area contributed by atoms with Gasteiger partial charge in [-0.15, -0.1) is 0 Å². The molecule has 6 nitrogen and oxygen atoms in total. The third-order valence-corrected chi connectivity index (χ3v) is 5.46. The minimum atomic E-state index is -0.486. The predicted molar refractivity (Wildman–Crippen MR) is 122 cm³/mol. The van der Waals surface area contributed by atoms with Crippen LogP contribution in [0.5, 0.6) is 0 Å². The first kappa shape index (κ1) is 25.6. The Morgan fingerprint density at radius 3 is 2.21 bits per heavy atom. The molecule has 29 heavy (non-hydrogen) atoms. The highest BCUT2D eigenvalue weighted by molar-refractivity contribution is 7.97. The number of nitrogens with zero attached hydrogens (tertiary/aromatic N) is 1. The maximum Gasteiger partial charge on any atom is 0.410 e. The van der Waals surface area contributed by atoms with Crippen LogP contribution in [0.3, 0.4) is 0 Å². The number of benzene rings is 1. The molecule has 1 rings (SSSR count). The number of ether oxygens (including phenoxy) is 2. The van der Waals surface area contributed by atoms with E-state index >= 15 is 0 Å². The molecule has 7 heteroatoms. The topological polar surface area (TPSA) is 76.8 Å². The van der Waals surface area contributed by atoms with Gasteiger partial charge in [-0.05, 0) is 97.5 Å². The minimum absolute atomic E-state index is 0.0879.